The largest absolute Gasteiger partial charge is 0.435 e. The molecule has 0 radical (unpaired) electrons. The van der Waals surface area contributed by atoms with Gasteiger partial charge in [0.2, 0.25) is 5.56 Å². The Kier molecular flexibility index (Phi) is 10.1. The van der Waals surface area contributed by atoms with Crippen LogP contribution in [0, 0.1) is 6.92 Å². The number of anilines is 1. The average Bonchev–Trinajstić information content (AvgIpc) is 3.32. The SMILES string of the molecule is Cc1cc([C@@H](C)C(OC(=O)N2CCC(N3CCc4ccccc4NC3=O)CC2)C(=O)N2CCC(N3CCCCC3)CC2)cc2ccc(=O)[nH]c12. The van der Waals surface area contributed by atoms with Gasteiger partial charge in [-0.3, -0.25) is 9.59 Å². The number of ether oxygens (including phenoxy) is 1. The highest BCUT2D eigenvalue weighted by molar-refractivity contribution is 5.91. The summed E-state index contributed by atoms with van der Waals surface area (Å²) in [5, 5.41) is 3.93. The number of likely N-dealkylation sites (tertiary alicyclic amines) is 3. The standard InChI is InChI=1S/C39H50N6O5/c1-26-24-30(25-29-10-11-34(46)41-35(26)29)27(2)36(37(47)43-19-13-31(14-20-43)42-17-6-3-7-18-42)50-39(49)44-21-15-32(16-22-44)45-23-12-28-8-4-5-9-33(28)40-38(45)48/h4-5,8-11,24-25,27,31-32,36H,3,6-7,12-23H2,1-2H3,(H,40,48)(H,41,46)/t27-,36?/m1/s1. The number of amides is 4. The van der Waals surface area contributed by atoms with Gasteiger partial charge in [-0.1, -0.05) is 37.6 Å². The van der Waals surface area contributed by atoms with Crippen LogP contribution in [0.4, 0.5) is 15.3 Å². The van der Waals surface area contributed by atoms with Gasteiger partial charge < -0.3 is 34.6 Å². The second-order valence-electron chi connectivity index (χ2n) is 14.6. The number of aromatic amines is 1. The monoisotopic (exact) mass is 682 g/mol. The summed E-state index contributed by atoms with van der Waals surface area (Å²) < 4.78 is 6.23. The molecule has 7 rings (SSSR count). The number of carbonyl (C=O) groups excluding carboxylic acids is 3. The summed E-state index contributed by atoms with van der Waals surface area (Å²) >= 11 is 0. The molecule has 0 bridgehead atoms. The molecule has 50 heavy (non-hydrogen) atoms. The van der Waals surface area contributed by atoms with Crippen LogP contribution in [0.15, 0.2) is 53.3 Å². The third kappa shape index (κ3) is 7.24. The van der Waals surface area contributed by atoms with Gasteiger partial charge in [-0.25, -0.2) is 9.59 Å². The number of benzene rings is 2. The highest BCUT2D eigenvalue weighted by Crippen LogP contribution is 2.31. The highest BCUT2D eigenvalue weighted by atomic mass is 16.6. The highest BCUT2D eigenvalue weighted by Gasteiger charge is 2.39. The lowest BCUT2D eigenvalue weighted by Gasteiger charge is -2.41. The summed E-state index contributed by atoms with van der Waals surface area (Å²) in [4.78, 5) is 64.4. The molecule has 0 aliphatic carbocycles. The van der Waals surface area contributed by atoms with E-state index in [1.165, 1.54) is 25.3 Å². The van der Waals surface area contributed by atoms with Crippen molar-refractivity contribution >= 4 is 34.6 Å². The van der Waals surface area contributed by atoms with Gasteiger partial charge in [0.1, 0.15) is 0 Å². The van der Waals surface area contributed by atoms with E-state index in [9.17, 15) is 19.2 Å². The van der Waals surface area contributed by atoms with Crippen molar-refractivity contribution in [2.45, 2.75) is 89.3 Å². The molecule has 266 valence electrons. The first-order valence-electron chi connectivity index (χ1n) is 18.5. The Morgan fingerprint density at radius 2 is 1.52 bits per heavy atom. The maximum atomic E-state index is 14.3. The molecule has 3 fully saturated rings. The Bertz CT molecular complexity index is 1770. The number of nitrogens with one attached hydrogen (secondary N) is 2. The lowest BCUT2D eigenvalue weighted by molar-refractivity contribution is -0.143. The van der Waals surface area contributed by atoms with Crippen LogP contribution in [0.25, 0.3) is 10.9 Å². The lowest BCUT2D eigenvalue weighted by atomic mass is 9.90. The molecule has 2 aromatic carbocycles. The molecule has 4 amide bonds. The zero-order valence-corrected chi connectivity index (χ0v) is 29.4. The van der Waals surface area contributed by atoms with Crippen LogP contribution in [0.3, 0.4) is 0 Å². The molecule has 0 spiro atoms. The van der Waals surface area contributed by atoms with Crippen molar-refractivity contribution < 1.29 is 19.1 Å². The Labute approximate surface area is 293 Å². The van der Waals surface area contributed by atoms with E-state index < -0.39 is 18.1 Å². The van der Waals surface area contributed by atoms with E-state index in [-0.39, 0.29) is 23.5 Å². The predicted octanol–water partition coefficient (Wildman–Crippen LogP) is 5.48. The molecule has 1 aromatic heterocycles. The number of H-pyrrole nitrogens is 1. The lowest BCUT2D eigenvalue weighted by Crippen LogP contribution is -2.53. The molecular weight excluding hydrogens is 632 g/mol. The van der Waals surface area contributed by atoms with Crippen molar-refractivity contribution in [3.63, 3.8) is 0 Å². The molecular formula is C39H50N6O5. The molecule has 11 nitrogen and oxygen atoms in total. The van der Waals surface area contributed by atoms with Crippen molar-refractivity contribution in [3.8, 4) is 0 Å². The molecule has 5 heterocycles. The van der Waals surface area contributed by atoms with E-state index >= 15 is 0 Å². The van der Waals surface area contributed by atoms with E-state index in [0.29, 0.717) is 51.6 Å². The summed E-state index contributed by atoms with van der Waals surface area (Å²) in [5.74, 6) is -0.570. The number of rotatable bonds is 6. The minimum Gasteiger partial charge on any atom is -0.435 e. The second-order valence-corrected chi connectivity index (χ2v) is 14.6. The normalized spacial score (nSPS) is 20.9. The van der Waals surface area contributed by atoms with Crippen LogP contribution < -0.4 is 10.9 Å². The quantitative estimate of drug-likeness (QED) is 0.356. The van der Waals surface area contributed by atoms with Gasteiger partial charge in [0.25, 0.3) is 5.91 Å². The zero-order valence-electron chi connectivity index (χ0n) is 29.4. The van der Waals surface area contributed by atoms with Crippen molar-refractivity contribution in [1.82, 2.24) is 24.6 Å². The van der Waals surface area contributed by atoms with Gasteiger partial charge in [0.15, 0.2) is 6.10 Å². The van der Waals surface area contributed by atoms with Crippen molar-refractivity contribution in [3.05, 3.63) is 75.6 Å². The fourth-order valence-electron chi connectivity index (χ4n) is 8.48. The second kappa shape index (κ2) is 14.8. The van der Waals surface area contributed by atoms with E-state index in [2.05, 4.69) is 15.2 Å². The maximum absolute atomic E-state index is 14.3. The first-order chi connectivity index (χ1) is 24.2. The molecule has 11 heteroatoms. The number of carbonyl (C=O) groups is 3. The summed E-state index contributed by atoms with van der Waals surface area (Å²) in [5.41, 5.74) is 4.35. The minimum absolute atomic E-state index is 0.0120. The Balaban J connectivity index is 1.05. The van der Waals surface area contributed by atoms with E-state index in [1.54, 1.807) is 11.0 Å². The number of urea groups is 1. The van der Waals surface area contributed by atoms with Gasteiger partial charge in [0.05, 0.1) is 5.52 Å². The smallest absolute Gasteiger partial charge is 0.410 e. The van der Waals surface area contributed by atoms with E-state index in [0.717, 1.165) is 65.6 Å². The Hall–Kier alpha value is -4.38. The van der Waals surface area contributed by atoms with Gasteiger partial charge in [-0.2, -0.15) is 0 Å². The van der Waals surface area contributed by atoms with Gasteiger partial charge in [-0.15, -0.1) is 0 Å². The average molecular weight is 683 g/mol. The minimum atomic E-state index is -0.999. The topological polar surface area (TPSA) is 118 Å². The zero-order chi connectivity index (χ0) is 34.8. The fraction of sp³-hybridized carbons (Fsp3) is 0.538. The molecule has 2 atom stereocenters. The number of aromatic nitrogens is 1. The number of nitrogens with zero attached hydrogens (tertiary/aromatic N) is 4. The first kappa shape index (κ1) is 34.1. The third-order valence-electron chi connectivity index (χ3n) is 11.5. The van der Waals surface area contributed by atoms with Gasteiger partial charge >= 0.3 is 12.1 Å². The maximum Gasteiger partial charge on any atom is 0.410 e. The summed E-state index contributed by atoms with van der Waals surface area (Å²) in [6, 6.07) is 15.6. The number of pyridine rings is 1. The molecule has 1 unspecified atom stereocenters. The molecule has 3 saturated heterocycles. The third-order valence-corrected chi connectivity index (χ3v) is 11.5. The van der Waals surface area contributed by atoms with E-state index in [1.807, 2.05) is 60.0 Å². The number of piperidine rings is 3. The number of para-hydroxylation sites is 1. The van der Waals surface area contributed by atoms with Crippen LogP contribution >= 0.6 is 0 Å². The molecule has 4 aliphatic rings. The van der Waals surface area contributed by atoms with E-state index in [4.69, 9.17) is 4.74 Å². The molecule has 0 saturated carbocycles. The van der Waals surface area contributed by atoms with Crippen LogP contribution in [-0.4, -0.2) is 107 Å². The summed E-state index contributed by atoms with van der Waals surface area (Å²) in [6.07, 6.45) is 6.18. The number of aryl methyl sites for hydroxylation is 1. The Morgan fingerprint density at radius 1 is 0.820 bits per heavy atom. The predicted molar refractivity (Wildman–Crippen MR) is 193 cm³/mol. The summed E-state index contributed by atoms with van der Waals surface area (Å²) in [7, 11) is 0. The number of fused-ring (bicyclic) bond motifs is 2. The van der Waals surface area contributed by atoms with Gasteiger partial charge in [-0.05, 0) is 105 Å². The van der Waals surface area contributed by atoms with Crippen LogP contribution in [0.1, 0.15) is 74.5 Å². The molecule has 4 aliphatic heterocycles. The van der Waals surface area contributed by atoms with Crippen molar-refractivity contribution in [2.24, 2.45) is 0 Å². The fourth-order valence-corrected chi connectivity index (χ4v) is 8.48. The number of hydrogen-bond acceptors (Lipinski definition) is 6. The molecule has 3 aromatic rings. The van der Waals surface area contributed by atoms with Crippen LogP contribution in [0.2, 0.25) is 0 Å². The Morgan fingerprint density at radius 3 is 2.28 bits per heavy atom. The van der Waals surface area contributed by atoms with Gasteiger partial charge in [0, 0.05) is 62.5 Å². The molecule has 2 N–H and O–H groups in total. The summed E-state index contributed by atoms with van der Waals surface area (Å²) in [6.45, 7) is 8.96. The van der Waals surface area contributed by atoms with Crippen molar-refractivity contribution in [1.29, 1.82) is 0 Å². The van der Waals surface area contributed by atoms with Crippen LogP contribution in [-0.2, 0) is 16.0 Å². The van der Waals surface area contributed by atoms with Crippen LogP contribution in [0.5, 0.6) is 0 Å². The number of hydrogen-bond donors (Lipinski definition) is 2. The first-order valence-corrected chi connectivity index (χ1v) is 18.5. The van der Waals surface area contributed by atoms with Crippen molar-refractivity contribution in [2.75, 3.05) is 51.1 Å².